The van der Waals surface area contributed by atoms with Crippen LogP contribution in [-0.2, 0) is 0 Å². The number of thiophene rings is 2. The third-order valence-corrected chi connectivity index (χ3v) is 5.97. The molecule has 1 atom stereocenters. The fourth-order valence-electron chi connectivity index (χ4n) is 2.41. The molecule has 110 valence electrons. The Kier molecular flexibility index (Phi) is 4.64. The molecule has 0 saturated heterocycles. The van der Waals surface area contributed by atoms with Gasteiger partial charge in [0.25, 0.3) is 0 Å². The number of hydrogen-bond acceptors (Lipinski definition) is 4. The number of ether oxygens (including phenoxy) is 1. The maximum absolute atomic E-state index is 5.80. The van der Waals surface area contributed by atoms with Gasteiger partial charge in [-0.1, -0.05) is 15.9 Å². The monoisotopic (exact) mass is 381 g/mol. The summed E-state index contributed by atoms with van der Waals surface area (Å²) in [6.45, 7) is 2.69. The molecule has 21 heavy (non-hydrogen) atoms. The maximum atomic E-state index is 5.80. The fraction of sp³-hybridized carbons (Fsp3) is 0.250. The Labute approximate surface area is 140 Å². The first-order valence-electron chi connectivity index (χ1n) is 6.79. The Morgan fingerprint density at radius 3 is 2.81 bits per heavy atom. The van der Waals surface area contributed by atoms with Crippen LogP contribution in [-0.4, -0.2) is 13.7 Å². The Bertz CT molecular complexity index is 721. The first-order valence-corrected chi connectivity index (χ1v) is 9.28. The summed E-state index contributed by atoms with van der Waals surface area (Å²) in [6.07, 6.45) is 0. The molecule has 3 rings (SSSR count). The highest BCUT2D eigenvalue weighted by atomic mass is 79.9. The zero-order valence-corrected chi connectivity index (χ0v) is 15.1. The number of fused-ring (bicyclic) bond motifs is 1. The van der Waals surface area contributed by atoms with E-state index in [0.29, 0.717) is 6.61 Å². The van der Waals surface area contributed by atoms with E-state index in [2.05, 4.69) is 44.8 Å². The number of hydrogen-bond donors (Lipinski definition) is 1. The van der Waals surface area contributed by atoms with Gasteiger partial charge in [-0.05, 0) is 49.7 Å². The summed E-state index contributed by atoms with van der Waals surface area (Å²) in [5.74, 6) is 0.941. The zero-order chi connectivity index (χ0) is 14.8. The van der Waals surface area contributed by atoms with Gasteiger partial charge >= 0.3 is 0 Å². The number of rotatable bonds is 5. The lowest BCUT2D eigenvalue weighted by Gasteiger charge is -2.19. The van der Waals surface area contributed by atoms with Gasteiger partial charge in [-0.15, -0.1) is 22.7 Å². The van der Waals surface area contributed by atoms with Crippen LogP contribution >= 0.6 is 38.6 Å². The molecule has 0 amide bonds. The molecule has 0 bridgehead atoms. The molecule has 1 unspecified atom stereocenters. The molecule has 0 aliphatic rings. The van der Waals surface area contributed by atoms with Gasteiger partial charge in [0.05, 0.1) is 12.6 Å². The minimum Gasteiger partial charge on any atom is -0.494 e. The van der Waals surface area contributed by atoms with Crippen molar-refractivity contribution in [1.29, 1.82) is 0 Å². The van der Waals surface area contributed by atoms with E-state index in [1.807, 2.05) is 37.4 Å². The van der Waals surface area contributed by atoms with Crippen molar-refractivity contribution >= 4 is 48.0 Å². The number of halogens is 1. The normalized spacial score (nSPS) is 12.7. The average Bonchev–Trinajstić information content (AvgIpc) is 3.04. The lowest BCUT2D eigenvalue weighted by atomic mass is 10.0. The standard InChI is InChI=1S/C16H16BrNOS2/c1-3-19-12-5-4-10(17)8-11(12)16(18-2)15-9-14-13(21-15)6-7-20-14/h4-9,16,18H,3H2,1-2H3. The molecule has 2 aromatic heterocycles. The summed E-state index contributed by atoms with van der Waals surface area (Å²) in [4.78, 5) is 1.32. The van der Waals surface area contributed by atoms with Gasteiger partial charge in [-0.2, -0.15) is 0 Å². The molecule has 5 heteroatoms. The summed E-state index contributed by atoms with van der Waals surface area (Å²) in [6, 6.07) is 10.8. The second-order valence-electron chi connectivity index (χ2n) is 4.63. The van der Waals surface area contributed by atoms with Crippen LogP contribution in [0.15, 0.2) is 40.2 Å². The second-order valence-corrected chi connectivity index (χ2v) is 7.61. The van der Waals surface area contributed by atoms with E-state index in [0.717, 1.165) is 10.2 Å². The molecule has 2 nitrogen and oxygen atoms in total. The van der Waals surface area contributed by atoms with Crippen LogP contribution in [0.5, 0.6) is 5.75 Å². The predicted octanol–water partition coefficient (Wildman–Crippen LogP) is 5.43. The topological polar surface area (TPSA) is 21.3 Å². The quantitative estimate of drug-likeness (QED) is 0.635. The number of nitrogens with one attached hydrogen (secondary N) is 1. The van der Waals surface area contributed by atoms with Gasteiger partial charge in [0.1, 0.15) is 5.75 Å². The van der Waals surface area contributed by atoms with Crippen molar-refractivity contribution in [1.82, 2.24) is 5.32 Å². The predicted molar refractivity (Wildman–Crippen MR) is 95.9 cm³/mol. The van der Waals surface area contributed by atoms with Crippen molar-refractivity contribution in [2.75, 3.05) is 13.7 Å². The van der Waals surface area contributed by atoms with Crippen molar-refractivity contribution in [3.8, 4) is 5.75 Å². The van der Waals surface area contributed by atoms with E-state index in [1.165, 1.54) is 19.8 Å². The van der Waals surface area contributed by atoms with Gasteiger partial charge in [0.2, 0.25) is 0 Å². The van der Waals surface area contributed by atoms with Crippen LogP contribution in [0, 0.1) is 0 Å². The Morgan fingerprint density at radius 1 is 1.24 bits per heavy atom. The molecule has 0 aliphatic carbocycles. The summed E-state index contributed by atoms with van der Waals surface area (Å²) in [7, 11) is 2.00. The van der Waals surface area contributed by atoms with Crippen LogP contribution in [0.4, 0.5) is 0 Å². The highest BCUT2D eigenvalue weighted by molar-refractivity contribution is 9.10. The molecule has 2 heterocycles. The maximum Gasteiger partial charge on any atom is 0.124 e. The van der Waals surface area contributed by atoms with E-state index in [9.17, 15) is 0 Å². The van der Waals surface area contributed by atoms with Crippen molar-refractivity contribution in [3.05, 3.63) is 50.6 Å². The molecular weight excluding hydrogens is 366 g/mol. The van der Waals surface area contributed by atoms with E-state index in [4.69, 9.17) is 4.74 Å². The molecule has 0 aliphatic heterocycles. The molecule has 0 fully saturated rings. The minimum atomic E-state index is 0.147. The first kappa shape index (κ1) is 15.0. The van der Waals surface area contributed by atoms with Crippen molar-refractivity contribution in [2.24, 2.45) is 0 Å². The molecular formula is C16H16BrNOS2. The van der Waals surface area contributed by atoms with E-state index in [-0.39, 0.29) is 6.04 Å². The fourth-order valence-corrected chi connectivity index (χ4v) is 5.04. The lowest BCUT2D eigenvalue weighted by molar-refractivity contribution is 0.334. The van der Waals surface area contributed by atoms with Crippen molar-refractivity contribution in [3.63, 3.8) is 0 Å². The van der Waals surface area contributed by atoms with Crippen molar-refractivity contribution in [2.45, 2.75) is 13.0 Å². The molecule has 0 saturated carbocycles. The molecule has 1 N–H and O–H groups in total. The lowest BCUT2D eigenvalue weighted by Crippen LogP contribution is -2.17. The van der Waals surface area contributed by atoms with Crippen molar-refractivity contribution < 1.29 is 4.74 Å². The second kappa shape index (κ2) is 6.48. The summed E-state index contributed by atoms with van der Waals surface area (Å²) < 4.78 is 9.57. The molecule has 0 spiro atoms. The summed E-state index contributed by atoms with van der Waals surface area (Å²) >= 11 is 7.20. The van der Waals surface area contributed by atoms with Gasteiger partial charge in [-0.25, -0.2) is 0 Å². The van der Waals surface area contributed by atoms with Gasteiger partial charge in [-0.3, -0.25) is 0 Å². The average molecular weight is 382 g/mol. The zero-order valence-electron chi connectivity index (χ0n) is 11.9. The largest absolute Gasteiger partial charge is 0.494 e. The smallest absolute Gasteiger partial charge is 0.124 e. The highest BCUT2D eigenvalue weighted by Crippen LogP contribution is 2.39. The van der Waals surface area contributed by atoms with E-state index in [1.54, 1.807) is 11.3 Å². The Balaban J connectivity index is 2.06. The van der Waals surface area contributed by atoms with Crippen LogP contribution in [0.3, 0.4) is 0 Å². The Hall–Kier alpha value is -0.880. The van der Waals surface area contributed by atoms with Gasteiger partial charge < -0.3 is 10.1 Å². The van der Waals surface area contributed by atoms with Crippen LogP contribution < -0.4 is 10.1 Å². The highest BCUT2D eigenvalue weighted by Gasteiger charge is 2.19. The molecule has 0 radical (unpaired) electrons. The van der Waals surface area contributed by atoms with Crippen LogP contribution in [0.25, 0.3) is 9.40 Å². The molecule has 3 aromatic rings. The van der Waals surface area contributed by atoms with Crippen LogP contribution in [0.2, 0.25) is 0 Å². The minimum absolute atomic E-state index is 0.147. The van der Waals surface area contributed by atoms with E-state index >= 15 is 0 Å². The summed E-state index contributed by atoms with van der Waals surface area (Å²) in [5.41, 5.74) is 1.17. The van der Waals surface area contributed by atoms with Crippen LogP contribution in [0.1, 0.15) is 23.4 Å². The third-order valence-electron chi connectivity index (χ3n) is 3.31. The first-order chi connectivity index (χ1) is 10.2. The van der Waals surface area contributed by atoms with Gasteiger partial charge in [0.15, 0.2) is 0 Å². The summed E-state index contributed by atoms with van der Waals surface area (Å²) in [5, 5.41) is 5.57. The molecule has 1 aromatic carbocycles. The van der Waals surface area contributed by atoms with E-state index < -0.39 is 0 Å². The Morgan fingerprint density at radius 2 is 2.10 bits per heavy atom. The number of benzene rings is 1. The SMILES string of the molecule is CCOc1ccc(Br)cc1C(NC)c1cc2sccc2s1. The third kappa shape index (κ3) is 3.01. The van der Waals surface area contributed by atoms with Gasteiger partial charge in [0, 0.05) is 24.3 Å².